The highest BCUT2D eigenvalue weighted by molar-refractivity contribution is 6.33. The van der Waals surface area contributed by atoms with E-state index >= 15 is 0 Å². The molecule has 3 fully saturated rings. The molecule has 4 aliphatic rings. The molecule has 0 aromatic heterocycles. The van der Waals surface area contributed by atoms with Gasteiger partial charge in [-0.05, 0) is 37.6 Å². The van der Waals surface area contributed by atoms with Crippen LogP contribution in [0.2, 0.25) is 5.02 Å². The molecule has 0 unspecified atom stereocenters. The molecule has 4 aliphatic heterocycles. The van der Waals surface area contributed by atoms with Crippen LogP contribution in [0.4, 0.5) is 17.1 Å². The van der Waals surface area contributed by atoms with Gasteiger partial charge in [0.2, 0.25) is 17.7 Å². The summed E-state index contributed by atoms with van der Waals surface area (Å²) < 4.78 is 0. The van der Waals surface area contributed by atoms with Crippen LogP contribution >= 0.6 is 11.6 Å². The van der Waals surface area contributed by atoms with Crippen molar-refractivity contribution in [1.29, 1.82) is 0 Å². The maximum Gasteiger partial charge on any atom is 0.289 e. The highest BCUT2D eigenvalue weighted by Gasteiger charge is 2.74. The Hall–Kier alpha value is -3.30. The van der Waals surface area contributed by atoms with Crippen molar-refractivity contribution < 1.29 is 19.3 Å². The highest BCUT2D eigenvalue weighted by atomic mass is 35.5. The molecule has 3 saturated heterocycles. The van der Waals surface area contributed by atoms with Gasteiger partial charge in [0.05, 0.1) is 22.4 Å². The SMILES string of the molecule is O=C1[C@@H]2[C@H]3CCCN3[C@]3(C(=O)Nc4ccccc43)[C@H]2C(=O)N1c1ccc(Cl)c([N+](=O)[O-])c1. The number of nitrogens with zero attached hydrogens (tertiary/aromatic N) is 3. The Morgan fingerprint density at radius 3 is 2.69 bits per heavy atom. The number of amides is 3. The average Bonchev–Trinajstić information content (AvgIpc) is 3.47. The van der Waals surface area contributed by atoms with Crippen molar-refractivity contribution in [2.45, 2.75) is 24.4 Å². The molecule has 4 atom stereocenters. The van der Waals surface area contributed by atoms with Crippen LogP contribution < -0.4 is 10.2 Å². The number of nitro groups is 1. The molecule has 1 N–H and O–H groups in total. The number of anilines is 2. The van der Waals surface area contributed by atoms with Gasteiger partial charge in [-0.25, -0.2) is 4.90 Å². The van der Waals surface area contributed by atoms with Crippen LogP contribution in [0.1, 0.15) is 18.4 Å². The van der Waals surface area contributed by atoms with Crippen LogP contribution in [-0.2, 0) is 19.9 Å². The van der Waals surface area contributed by atoms with Crippen molar-refractivity contribution >= 4 is 46.4 Å². The number of para-hydroxylation sites is 1. The van der Waals surface area contributed by atoms with Gasteiger partial charge >= 0.3 is 0 Å². The van der Waals surface area contributed by atoms with Crippen molar-refractivity contribution in [3.05, 3.63) is 63.2 Å². The number of carbonyl (C=O) groups excluding carboxylic acids is 3. The molecular formula is C22H17ClN4O5. The van der Waals surface area contributed by atoms with Crippen molar-refractivity contribution in [3.63, 3.8) is 0 Å². The lowest BCUT2D eigenvalue weighted by molar-refractivity contribution is -0.384. The first-order chi connectivity index (χ1) is 15.4. The van der Waals surface area contributed by atoms with E-state index in [1.165, 1.54) is 12.1 Å². The minimum Gasteiger partial charge on any atom is -0.324 e. The molecule has 32 heavy (non-hydrogen) atoms. The van der Waals surface area contributed by atoms with Crippen molar-refractivity contribution in [2.75, 3.05) is 16.8 Å². The van der Waals surface area contributed by atoms with E-state index in [4.69, 9.17) is 11.6 Å². The maximum atomic E-state index is 13.8. The first-order valence-corrected chi connectivity index (χ1v) is 10.7. The first kappa shape index (κ1) is 19.4. The van der Waals surface area contributed by atoms with Gasteiger partial charge in [0.25, 0.3) is 5.69 Å². The minimum atomic E-state index is -1.26. The molecule has 2 aromatic carbocycles. The Morgan fingerprint density at radius 2 is 1.91 bits per heavy atom. The summed E-state index contributed by atoms with van der Waals surface area (Å²) in [6, 6.07) is 10.9. The number of hydrogen-bond donors (Lipinski definition) is 1. The van der Waals surface area contributed by atoms with Gasteiger partial charge in [-0.2, -0.15) is 0 Å². The van der Waals surface area contributed by atoms with E-state index in [-0.39, 0.29) is 28.3 Å². The molecule has 162 valence electrons. The summed E-state index contributed by atoms with van der Waals surface area (Å²) >= 11 is 5.92. The fourth-order valence-electron chi connectivity index (χ4n) is 6.19. The van der Waals surface area contributed by atoms with Gasteiger partial charge in [0.15, 0.2) is 0 Å². The molecule has 2 aromatic rings. The molecule has 4 heterocycles. The summed E-state index contributed by atoms with van der Waals surface area (Å²) in [7, 11) is 0. The number of fused-ring (bicyclic) bond motifs is 7. The summed E-state index contributed by atoms with van der Waals surface area (Å²) in [5.41, 5.74) is -0.207. The lowest BCUT2D eigenvalue weighted by Crippen LogP contribution is -2.54. The zero-order valence-electron chi connectivity index (χ0n) is 16.7. The predicted molar refractivity (Wildman–Crippen MR) is 114 cm³/mol. The smallest absolute Gasteiger partial charge is 0.289 e. The molecule has 0 radical (unpaired) electrons. The summed E-state index contributed by atoms with van der Waals surface area (Å²) in [5.74, 6) is -2.85. The van der Waals surface area contributed by atoms with Crippen LogP contribution in [0.15, 0.2) is 42.5 Å². The van der Waals surface area contributed by atoms with Crippen LogP contribution in [0, 0.1) is 22.0 Å². The molecular weight excluding hydrogens is 436 g/mol. The molecule has 3 amide bonds. The zero-order valence-corrected chi connectivity index (χ0v) is 17.4. The monoisotopic (exact) mass is 452 g/mol. The number of halogens is 1. The molecule has 0 aliphatic carbocycles. The third-order valence-electron chi connectivity index (χ3n) is 7.28. The Balaban J connectivity index is 1.53. The van der Waals surface area contributed by atoms with Crippen molar-refractivity contribution in [2.24, 2.45) is 11.8 Å². The highest BCUT2D eigenvalue weighted by Crippen LogP contribution is 2.60. The summed E-state index contributed by atoms with van der Waals surface area (Å²) in [6.07, 6.45) is 1.52. The van der Waals surface area contributed by atoms with Crippen molar-refractivity contribution in [3.8, 4) is 0 Å². The van der Waals surface area contributed by atoms with Crippen LogP contribution in [0.25, 0.3) is 0 Å². The van der Waals surface area contributed by atoms with E-state index < -0.39 is 34.1 Å². The number of benzene rings is 2. The summed E-state index contributed by atoms with van der Waals surface area (Å²) in [4.78, 5) is 54.6. The van der Waals surface area contributed by atoms with E-state index in [0.29, 0.717) is 24.2 Å². The fraction of sp³-hybridized carbons (Fsp3) is 0.318. The van der Waals surface area contributed by atoms with E-state index in [1.807, 2.05) is 23.1 Å². The Labute approximate surface area is 187 Å². The van der Waals surface area contributed by atoms with Crippen LogP contribution in [0.3, 0.4) is 0 Å². The van der Waals surface area contributed by atoms with Crippen molar-refractivity contribution in [1.82, 2.24) is 4.90 Å². The zero-order chi connectivity index (χ0) is 22.4. The van der Waals surface area contributed by atoms with E-state index in [0.717, 1.165) is 17.4 Å². The number of rotatable bonds is 2. The maximum absolute atomic E-state index is 13.8. The quantitative estimate of drug-likeness (QED) is 0.426. The number of imide groups is 1. The second kappa shape index (κ2) is 6.36. The van der Waals surface area contributed by atoms with Crippen LogP contribution in [-0.4, -0.2) is 40.1 Å². The van der Waals surface area contributed by atoms with Gasteiger partial charge in [0, 0.05) is 23.4 Å². The lowest BCUT2D eigenvalue weighted by Gasteiger charge is -2.36. The molecule has 0 saturated carbocycles. The van der Waals surface area contributed by atoms with E-state index in [9.17, 15) is 24.5 Å². The second-order valence-corrected chi connectivity index (χ2v) is 8.98. The van der Waals surface area contributed by atoms with Gasteiger partial charge in [-0.15, -0.1) is 0 Å². The fourth-order valence-corrected chi connectivity index (χ4v) is 6.38. The normalized spacial score (nSPS) is 30.6. The standard InChI is InChI=1S/C22H17ClN4O5/c23-13-8-7-11(10-16(13)27(31)32)26-19(28)17-15-6-3-9-25(15)22(18(17)20(26)29)12-4-1-2-5-14(12)24-21(22)30/h1-2,4-5,7-8,10,15,17-18H,3,6,9H2,(H,24,30)/t15-,17-,18-,22+/m1/s1. The van der Waals surface area contributed by atoms with Crippen LogP contribution in [0.5, 0.6) is 0 Å². The third-order valence-corrected chi connectivity index (χ3v) is 7.60. The van der Waals surface area contributed by atoms with Gasteiger partial charge < -0.3 is 5.32 Å². The lowest BCUT2D eigenvalue weighted by atomic mass is 9.75. The summed E-state index contributed by atoms with van der Waals surface area (Å²) in [5, 5.41) is 14.2. The molecule has 1 spiro atoms. The summed E-state index contributed by atoms with van der Waals surface area (Å²) in [6.45, 7) is 0.617. The van der Waals surface area contributed by atoms with Gasteiger partial charge in [0.1, 0.15) is 10.6 Å². The number of carbonyl (C=O) groups is 3. The van der Waals surface area contributed by atoms with Gasteiger partial charge in [-0.1, -0.05) is 29.8 Å². The molecule has 10 heteroatoms. The van der Waals surface area contributed by atoms with Gasteiger partial charge in [-0.3, -0.25) is 29.4 Å². The molecule has 6 rings (SSSR count). The van der Waals surface area contributed by atoms with E-state index in [1.54, 1.807) is 6.07 Å². The van der Waals surface area contributed by atoms with E-state index in [2.05, 4.69) is 5.32 Å². The largest absolute Gasteiger partial charge is 0.324 e. The average molecular weight is 453 g/mol. The number of nitrogens with one attached hydrogen (secondary N) is 1. The second-order valence-electron chi connectivity index (χ2n) is 8.58. The molecule has 9 nitrogen and oxygen atoms in total. The Bertz CT molecular complexity index is 1250. The number of nitro benzene ring substituents is 1. The molecule has 0 bridgehead atoms. The minimum absolute atomic E-state index is 0.0828. The predicted octanol–water partition coefficient (Wildman–Crippen LogP) is 2.68. The Kier molecular flexibility index (Phi) is 3.86. The first-order valence-electron chi connectivity index (χ1n) is 10.4. The topological polar surface area (TPSA) is 113 Å². The third kappa shape index (κ3) is 2.14. The number of hydrogen-bond acceptors (Lipinski definition) is 6. The Morgan fingerprint density at radius 1 is 1.12 bits per heavy atom.